The number of halogens is 1. The molecule has 4 heteroatoms. The Labute approximate surface area is 119 Å². The Hall–Kier alpha value is -1.32. The van der Waals surface area contributed by atoms with Gasteiger partial charge in [-0.2, -0.15) is 5.10 Å². The largest absolute Gasteiger partial charge is 0.310 e. The Kier molecular flexibility index (Phi) is 4.27. The zero-order chi connectivity index (χ0) is 14.0. The first kappa shape index (κ1) is 14.1. The normalized spacial score (nSPS) is 11.3. The maximum Gasteiger partial charge on any atom is 0.0571 e. The van der Waals surface area contributed by atoms with Gasteiger partial charge in [0.2, 0.25) is 0 Å². The van der Waals surface area contributed by atoms with Crippen LogP contribution >= 0.6 is 11.6 Å². The van der Waals surface area contributed by atoms with Gasteiger partial charge in [-0.3, -0.25) is 4.68 Å². The second-order valence-corrected chi connectivity index (χ2v) is 5.54. The van der Waals surface area contributed by atoms with Crippen LogP contribution in [0.15, 0.2) is 24.4 Å². The molecule has 0 amide bonds. The molecule has 1 aromatic heterocycles. The second-order valence-electron chi connectivity index (χ2n) is 5.10. The minimum Gasteiger partial charge on any atom is -0.310 e. The summed E-state index contributed by atoms with van der Waals surface area (Å²) in [6, 6.07) is 6.48. The highest BCUT2D eigenvalue weighted by molar-refractivity contribution is 6.30. The molecule has 0 aliphatic heterocycles. The summed E-state index contributed by atoms with van der Waals surface area (Å²) in [6.45, 7) is 7.16. The van der Waals surface area contributed by atoms with E-state index in [1.54, 1.807) is 0 Å². The molecule has 0 saturated carbocycles. The Morgan fingerprint density at radius 1 is 1.32 bits per heavy atom. The maximum absolute atomic E-state index is 6.12. The number of hydrogen-bond acceptors (Lipinski definition) is 2. The van der Waals surface area contributed by atoms with Gasteiger partial charge < -0.3 is 5.32 Å². The van der Waals surface area contributed by atoms with E-state index in [2.05, 4.69) is 37.3 Å². The van der Waals surface area contributed by atoms with E-state index in [0.29, 0.717) is 6.04 Å². The van der Waals surface area contributed by atoms with E-state index in [4.69, 9.17) is 11.6 Å². The Morgan fingerprint density at radius 2 is 2.05 bits per heavy atom. The number of aryl methyl sites for hydroxylation is 1. The van der Waals surface area contributed by atoms with Crippen LogP contribution in [0.1, 0.15) is 25.1 Å². The number of aromatic nitrogens is 2. The van der Waals surface area contributed by atoms with Gasteiger partial charge in [-0.25, -0.2) is 0 Å². The molecule has 0 radical (unpaired) electrons. The fourth-order valence-corrected chi connectivity index (χ4v) is 2.24. The number of rotatable bonds is 4. The van der Waals surface area contributed by atoms with Crippen LogP contribution in [0, 0.1) is 6.92 Å². The van der Waals surface area contributed by atoms with Gasteiger partial charge in [-0.1, -0.05) is 31.5 Å². The van der Waals surface area contributed by atoms with Crippen molar-refractivity contribution in [3.05, 3.63) is 40.7 Å². The van der Waals surface area contributed by atoms with Crippen LogP contribution in [0.4, 0.5) is 0 Å². The fourth-order valence-electron chi connectivity index (χ4n) is 2.05. The standard InChI is InChI=1S/C15H20ClN3/c1-10(2)17-8-12-7-13(16)5-6-14(12)15-9-18-19(4)11(15)3/h5-7,9-10,17H,8H2,1-4H3. The van der Waals surface area contributed by atoms with E-state index in [-0.39, 0.29) is 0 Å². The lowest BCUT2D eigenvalue weighted by Gasteiger charge is -2.13. The minimum atomic E-state index is 0.446. The van der Waals surface area contributed by atoms with Gasteiger partial charge in [0.1, 0.15) is 0 Å². The Morgan fingerprint density at radius 3 is 2.63 bits per heavy atom. The molecule has 0 bridgehead atoms. The molecule has 2 aromatic rings. The summed E-state index contributed by atoms with van der Waals surface area (Å²) >= 11 is 6.12. The van der Waals surface area contributed by atoms with Crippen molar-refractivity contribution in [1.29, 1.82) is 0 Å². The molecule has 0 saturated heterocycles. The van der Waals surface area contributed by atoms with Gasteiger partial charge in [0.25, 0.3) is 0 Å². The van der Waals surface area contributed by atoms with Crippen LogP contribution in [0.2, 0.25) is 5.02 Å². The smallest absolute Gasteiger partial charge is 0.0571 e. The van der Waals surface area contributed by atoms with Crippen molar-refractivity contribution in [3.8, 4) is 11.1 Å². The molecule has 3 nitrogen and oxygen atoms in total. The lowest BCUT2D eigenvalue weighted by atomic mass is 10.00. The first-order valence-electron chi connectivity index (χ1n) is 6.50. The van der Waals surface area contributed by atoms with Crippen molar-refractivity contribution in [2.24, 2.45) is 7.05 Å². The van der Waals surface area contributed by atoms with E-state index < -0.39 is 0 Å². The molecule has 0 spiro atoms. The molecule has 0 unspecified atom stereocenters. The molecule has 0 aliphatic carbocycles. The summed E-state index contributed by atoms with van der Waals surface area (Å²) in [5.74, 6) is 0. The van der Waals surface area contributed by atoms with Crippen LogP contribution in [-0.2, 0) is 13.6 Å². The zero-order valence-electron chi connectivity index (χ0n) is 11.9. The summed E-state index contributed by atoms with van der Waals surface area (Å²) in [7, 11) is 1.96. The number of benzene rings is 1. The molecule has 2 rings (SSSR count). The molecule has 19 heavy (non-hydrogen) atoms. The lowest BCUT2D eigenvalue weighted by molar-refractivity contribution is 0.589. The molecule has 0 atom stereocenters. The predicted octanol–water partition coefficient (Wildman–Crippen LogP) is 3.55. The van der Waals surface area contributed by atoms with Gasteiger partial charge in [0.15, 0.2) is 0 Å². The first-order chi connectivity index (χ1) is 8.99. The van der Waals surface area contributed by atoms with Crippen molar-refractivity contribution in [2.45, 2.75) is 33.4 Å². The molecule has 1 aromatic carbocycles. The van der Waals surface area contributed by atoms with E-state index in [0.717, 1.165) is 17.3 Å². The van der Waals surface area contributed by atoms with Crippen molar-refractivity contribution in [3.63, 3.8) is 0 Å². The van der Waals surface area contributed by atoms with E-state index in [9.17, 15) is 0 Å². The van der Waals surface area contributed by atoms with Gasteiger partial charge >= 0.3 is 0 Å². The molecule has 0 fully saturated rings. The van der Waals surface area contributed by atoms with Crippen LogP contribution in [0.5, 0.6) is 0 Å². The van der Waals surface area contributed by atoms with Crippen molar-refractivity contribution in [1.82, 2.24) is 15.1 Å². The Balaban J connectivity index is 2.42. The van der Waals surface area contributed by atoms with E-state index in [1.165, 1.54) is 16.7 Å². The second kappa shape index (κ2) is 5.76. The monoisotopic (exact) mass is 277 g/mol. The highest BCUT2D eigenvalue weighted by atomic mass is 35.5. The summed E-state index contributed by atoms with van der Waals surface area (Å²) in [5, 5.41) is 8.52. The maximum atomic E-state index is 6.12. The van der Waals surface area contributed by atoms with Crippen molar-refractivity contribution < 1.29 is 0 Å². The average molecular weight is 278 g/mol. The summed E-state index contributed by atoms with van der Waals surface area (Å²) in [5.41, 5.74) is 4.73. The predicted molar refractivity (Wildman–Crippen MR) is 80.4 cm³/mol. The number of nitrogens with one attached hydrogen (secondary N) is 1. The topological polar surface area (TPSA) is 29.9 Å². The lowest BCUT2D eigenvalue weighted by Crippen LogP contribution is -2.22. The first-order valence-corrected chi connectivity index (χ1v) is 6.87. The van der Waals surface area contributed by atoms with Gasteiger partial charge in [-0.05, 0) is 30.2 Å². The van der Waals surface area contributed by atoms with Crippen molar-refractivity contribution >= 4 is 11.6 Å². The van der Waals surface area contributed by atoms with Gasteiger partial charge in [0.05, 0.1) is 6.20 Å². The molecular formula is C15H20ClN3. The molecule has 0 aliphatic rings. The summed E-state index contributed by atoms with van der Waals surface area (Å²) in [4.78, 5) is 0. The highest BCUT2D eigenvalue weighted by Crippen LogP contribution is 2.28. The fraction of sp³-hybridized carbons (Fsp3) is 0.400. The average Bonchev–Trinajstić information content (AvgIpc) is 2.68. The van der Waals surface area contributed by atoms with Crippen LogP contribution < -0.4 is 5.32 Å². The van der Waals surface area contributed by atoms with E-state index >= 15 is 0 Å². The minimum absolute atomic E-state index is 0.446. The highest BCUT2D eigenvalue weighted by Gasteiger charge is 2.11. The zero-order valence-corrected chi connectivity index (χ0v) is 12.6. The SMILES string of the molecule is Cc1c(-c2ccc(Cl)cc2CNC(C)C)cnn1C. The van der Waals surface area contributed by atoms with Gasteiger partial charge in [0, 0.05) is 35.9 Å². The number of hydrogen-bond donors (Lipinski definition) is 1. The van der Waals surface area contributed by atoms with Crippen molar-refractivity contribution in [2.75, 3.05) is 0 Å². The van der Waals surface area contributed by atoms with Crippen LogP contribution in [0.25, 0.3) is 11.1 Å². The van der Waals surface area contributed by atoms with Gasteiger partial charge in [-0.15, -0.1) is 0 Å². The third kappa shape index (κ3) is 3.17. The van der Waals surface area contributed by atoms with Crippen LogP contribution in [-0.4, -0.2) is 15.8 Å². The molecule has 102 valence electrons. The third-order valence-electron chi connectivity index (χ3n) is 3.29. The molecular weight excluding hydrogens is 258 g/mol. The third-order valence-corrected chi connectivity index (χ3v) is 3.53. The quantitative estimate of drug-likeness (QED) is 0.926. The molecule has 1 heterocycles. The number of nitrogens with zero attached hydrogens (tertiary/aromatic N) is 2. The van der Waals surface area contributed by atoms with Crippen LogP contribution in [0.3, 0.4) is 0 Å². The Bertz CT molecular complexity index is 573. The van der Waals surface area contributed by atoms with E-state index in [1.807, 2.05) is 30.1 Å². The summed E-state index contributed by atoms with van der Waals surface area (Å²) in [6.07, 6.45) is 1.91. The summed E-state index contributed by atoms with van der Waals surface area (Å²) < 4.78 is 1.89. The molecule has 1 N–H and O–H groups in total.